The van der Waals surface area contributed by atoms with Crippen molar-refractivity contribution in [2.24, 2.45) is 0 Å². The molecular weight excluding hydrogens is 190 g/mol. The molecule has 1 N–H and O–H groups in total. The Morgan fingerprint density at radius 1 is 1.75 bits per heavy atom. The zero-order chi connectivity index (χ0) is 8.97. The Morgan fingerprint density at radius 2 is 2.50 bits per heavy atom. The van der Waals surface area contributed by atoms with Crippen LogP contribution in [0.4, 0.5) is 5.00 Å². The Balaban J connectivity index is 2.99. The lowest BCUT2D eigenvalue weighted by atomic mass is 10.4. The van der Waals surface area contributed by atoms with Gasteiger partial charge in [0.15, 0.2) is 0 Å². The molecule has 1 aromatic rings. The van der Waals surface area contributed by atoms with E-state index in [4.69, 9.17) is 5.26 Å². The lowest BCUT2D eigenvalue weighted by Gasteiger charge is -1.93. The summed E-state index contributed by atoms with van der Waals surface area (Å²) >= 11 is 2.94. The fourth-order valence-electron chi connectivity index (χ4n) is 0.780. The number of hydrogen-bond donors (Lipinski definition) is 1. The highest BCUT2D eigenvalue weighted by Gasteiger charge is 2.11. The molecule has 0 aliphatic carbocycles. The van der Waals surface area contributed by atoms with Gasteiger partial charge in [-0.1, -0.05) is 6.92 Å². The Morgan fingerprint density at radius 3 is 3.00 bits per heavy atom. The molecule has 0 spiro atoms. The van der Waals surface area contributed by atoms with Gasteiger partial charge in [0.25, 0.3) is 0 Å². The van der Waals surface area contributed by atoms with Crippen LogP contribution in [0.2, 0.25) is 0 Å². The van der Waals surface area contributed by atoms with Gasteiger partial charge in [-0.2, -0.15) is 9.64 Å². The molecule has 0 amide bonds. The predicted octanol–water partition coefficient (Wildman–Crippen LogP) is 2.17. The smallest absolute Gasteiger partial charge is 0.130 e. The summed E-state index contributed by atoms with van der Waals surface area (Å²) in [6.07, 6.45) is 0. The number of rotatable bonds is 3. The quantitative estimate of drug-likeness (QED) is 0.758. The van der Waals surface area contributed by atoms with Crippen molar-refractivity contribution in [2.45, 2.75) is 11.9 Å². The standard InChI is InChI=1S/C7H9N3S2/c1-3-11-7-5(4-8)6(9-2)12-10-7/h9H,3H2,1-2H3. The maximum atomic E-state index is 8.81. The van der Waals surface area contributed by atoms with Gasteiger partial charge in [0.05, 0.1) is 0 Å². The van der Waals surface area contributed by atoms with Crippen molar-refractivity contribution in [2.75, 3.05) is 18.1 Å². The molecule has 0 bridgehead atoms. The molecule has 0 aliphatic rings. The van der Waals surface area contributed by atoms with Crippen LogP contribution in [0.25, 0.3) is 0 Å². The molecular formula is C7H9N3S2. The lowest BCUT2D eigenvalue weighted by molar-refractivity contribution is 1.24. The first kappa shape index (κ1) is 9.36. The highest BCUT2D eigenvalue weighted by Crippen LogP contribution is 2.30. The largest absolute Gasteiger partial charge is 0.378 e. The van der Waals surface area contributed by atoms with Crippen LogP contribution in [0.5, 0.6) is 0 Å². The van der Waals surface area contributed by atoms with Crippen molar-refractivity contribution in [1.29, 1.82) is 5.26 Å². The van der Waals surface area contributed by atoms with Gasteiger partial charge in [-0.15, -0.1) is 11.8 Å². The first-order valence-electron chi connectivity index (χ1n) is 3.53. The Labute approximate surface area is 80.0 Å². The zero-order valence-electron chi connectivity index (χ0n) is 6.92. The summed E-state index contributed by atoms with van der Waals surface area (Å²) in [6.45, 7) is 2.05. The monoisotopic (exact) mass is 199 g/mol. The number of hydrogen-bond acceptors (Lipinski definition) is 5. The van der Waals surface area contributed by atoms with E-state index < -0.39 is 0 Å². The predicted molar refractivity (Wildman–Crippen MR) is 52.8 cm³/mol. The molecule has 1 rings (SSSR count). The van der Waals surface area contributed by atoms with Crippen molar-refractivity contribution in [1.82, 2.24) is 4.37 Å². The molecule has 0 unspecified atom stereocenters. The highest BCUT2D eigenvalue weighted by molar-refractivity contribution is 7.99. The van der Waals surface area contributed by atoms with Crippen LogP contribution in [0.3, 0.4) is 0 Å². The van der Waals surface area contributed by atoms with E-state index in [-0.39, 0.29) is 0 Å². The second kappa shape index (κ2) is 4.33. The van der Waals surface area contributed by atoms with Crippen molar-refractivity contribution in [3.8, 4) is 6.07 Å². The van der Waals surface area contributed by atoms with Gasteiger partial charge in [-0.05, 0) is 17.3 Å². The second-order valence-corrected chi connectivity index (χ2v) is 4.01. The normalized spacial score (nSPS) is 9.42. The zero-order valence-corrected chi connectivity index (χ0v) is 8.55. The molecule has 12 heavy (non-hydrogen) atoms. The number of aromatic nitrogens is 1. The molecule has 0 saturated heterocycles. The molecule has 0 aromatic carbocycles. The SMILES string of the molecule is CCSc1nsc(NC)c1C#N. The summed E-state index contributed by atoms with van der Waals surface area (Å²) in [6, 6.07) is 2.14. The fourth-order valence-corrected chi connectivity index (χ4v) is 2.32. The number of nitrogens with one attached hydrogen (secondary N) is 1. The third-order valence-electron chi connectivity index (χ3n) is 1.28. The number of thioether (sulfide) groups is 1. The molecule has 0 radical (unpaired) electrons. The van der Waals surface area contributed by atoms with Crippen molar-refractivity contribution < 1.29 is 0 Å². The van der Waals surface area contributed by atoms with Crippen LogP contribution in [0.1, 0.15) is 12.5 Å². The van der Waals surface area contributed by atoms with Crippen LogP contribution in [-0.4, -0.2) is 17.2 Å². The summed E-state index contributed by atoms with van der Waals surface area (Å²) in [5.74, 6) is 0.946. The van der Waals surface area contributed by atoms with Crippen LogP contribution in [0.15, 0.2) is 5.03 Å². The third-order valence-corrected chi connectivity index (χ3v) is 3.12. The average Bonchev–Trinajstić information content (AvgIpc) is 2.47. The minimum atomic E-state index is 0.675. The number of nitriles is 1. The van der Waals surface area contributed by atoms with E-state index in [0.29, 0.717) is 5.56 Å². The van der Waals surface area contributed by atoms with Gasteiger partial charge in [0.2, 0.25) is 0 Å². The molecule has 3 nitrogen and oxygen atoms in total. The van der Waals surface area contributed by atoms with E-state index in [2.05, 4.69) is 15.8 Å². The fraction of sp³-hybridized carbons (Fsp3) is 0.429. The average molecular weight is 199 g/mol. The number of anilines is 1. The maximum absolute atomic E-state index is 8.81. The van der Waals surface area contributed by atoms with Gasteiger partial charge in [0, 0.05) is 7.05 Å². The minimum Gasteiger partial charge on any atom is -0.378 e. The molecule has 0 fully saturated rings. The van der Waals surface area contributed by atoms with Gasteiger partial charge >= 0.3 is 0 Å². The van der Waals surface area contributed by atoms with E-state index in [1.54, 1.807) is 18.8 Å². The van der Waals surface area contributed by atoms with E-state index in [0.717, 1.165) is 15.8 Å². The van der Waals surface area contributed by atoms with Crippen LogP contribution in [-0.2, 0) is 0 Å². The molecule has 5 heteroatoms. The Hall–Kier alpha value is -0.730. The molecule has 64 valence electrons. The van der Waals surface area contributed by atoms with Crippen LogP contribution >= 0.6 is 23.3 Å². The molecule has 0 saturated carbocycles. The van der Waals surface area contributed by atoms with E-state index in [1.165, 1.54) is 11.5 Å². The van der Waals surface area contributed by atoms with Crippen LogP contribution < -0.4 is 5.32 Å². The molecule has 1 heterocycles. The van der Waals surface area contributed by atoms with Gasteiger partial charge < -0.3 is 5.32 Å². The molecule has 0 atom stereocenters. The summed E-state index contributed by atoms with van der Waals surface area (Å²) in [5.41, 5.74) is 0.675. The van der Waals surface area contributed by atoms with E-state index in [1.807, 2.05) is 6.92 Å². The maximum Gasteiger partial charge on any atom is 0.130 e. The molecule has 0 aliphatic heterocycles. The third kappa shape index (κ3) is 1.71. The Kier molecular flexibility index (Phi) is 3.38. The summed E-state index contributed by atoms with van der Waals surface area (Å²) in [7, 11) is 1.80. The van der Waals surface area contributed by atoms with Gasteiger partial charge in [0.1, 0.15) is 21.7 Å². The van der Waals surface area contributed by atoms with Gasteiger partial charge in [-0.3, -0.25) is 0 Å². The summed E-state index contributed by atoms with van der Waals surface area (Å²) in [5, 5.41) is 13.5. The topological polar surface area (TPSA) is 48.7 Å². The van der Waals surface area contributed by atoms with Crippen molar-refractivity contribution in [3.63, 3.8) is 0 Å². The Bertz CT molecular complexity index is 300. The minimum absolute atomic E-state index is 0.675. The first-order valence-corrected chi connectivity index (χ1v) is 5.29. The van der Waals surface area contributed by atoms with Crippen molar-refractivity contribution in [3.05, 3.63) is 5.56 Å². The summed E-state index contributed by atoms with van der Waals surface area (Å²) < 4.78 is 4.17. The van der Waals surface area contributed by atoms with E-state index >= 15 is 0 Å². The summed E-state index contributed by atoms with van der Waals surface area (Å²) in [4.78, 5) is 0. The lowest BCUT2D eigenvalue weighted by Crippen LogP contribution is -1.87. The van der Waals surface area contributed by atoms with Gasteiger partial charge in [-0.25, -0.2) is 0 Å². The second-order valence-electron chi connectivity index (χ2n) is 1.99. The number of nitrogens with zero attached hydrogens (tertiary/aromatic N) is 2. The van der Waals surface area contributed by atoms with E-state index in [9.17, 15) is 0 Å². The first-order chi connectivity index (χ1) is 5.83. The van der Waals surface area contributed by atoms with Crippen LogP contribution in [0, 0.1) is 11.3 Å². The molecule has 1 aromatic heterocycles. The van der Waals surface area contributed by atoms with Crippen molar-refractivity contribution >= 4 is 28.3 Å². The highest BCUT2D eigenvalue weighted by atomic mass is 32.2.